The minimum atomic E-state index is -0.504. The van der Waals surface area contributed by atoms with Crippen LogP contribution in [0, 0.1) is 0 Å². The second-order valence-corrected chi connectivity index (χ2v) is 8.02. The Kier molecular flexibility index (Phi) is 6.09. The summed E-state index contributed by atoms with van der Waals surface area (Å²) >= 11 is 1.67. The minimum absolute atomic E-state index is 0.304. The molecule has 0 amide bonds. The molecule has 3 aromatic carbocycles. The first-order chi connectivity index (χ1) is 13.8. The predicted molar refractivity (Wildman–Crippen MR) is 119 cm³/mol. The van der Waals surface area contributed by atoms with Crippen molar-refractivity contribution in [2.45, 2.75) is 25.7 Å². The highest BCUT2D eigenvalue weighted by molar-refractivity contribution is 7.99. The van der Waals surface area contributed by atoms with E-state index in [0.29, 0.717) is 44.2 Å². The molecule has 0 N–H and O–H groups in total. The monoisotopic (exact) mass is 406 g/mol. The topological polar surface area (TPSA) is 52.6 Å². The molecule has 148 valence electrons. The van der Waals surface area contributed by atoms with Crippen molar-refractivity contribution in [2.75, 3.05) is 5.75 Å². The third kappa shape index (κ3) is 4.20. The summed E-state index contributed by atoms with van der Waals surface area (Å²) in [7, 11) is 0. The molecular formula is C24H22O4S. The van der Waals surface area contributed by atoms with Crippen LogP contribution in [0.25, 0.3) is 21.5 Å². The highest BCUT2D eigenvalue weighted by Gasteiger charge is 2.21. The van der Waals surface area contributed by atoms with Crippen molar-refractivity contribution in [3.05, 3.63) is 66.8 Å². The summed E-state index contributed by atoms with van der Waals surface area (Å²) in [6.07, 6.45) is 0. The van der Waals surface area contributed by atoms with Crippen molar-refractivity contribution < 1.29 is 19.1 Å². The minimum Gasteiger partial charge on any atom is -0.422 e. The SMILES string of the molecule is C=C(C)C(=O)Oc1c2ccccc2c(OC(=O)C(=C)C)c2cc(SCC)ccc12. The van der Waals surface area contributed by atoms with Crippen LogP contribution in [0.3, 0.4) is 0 Å². The maximum absolute atomic E-state index is 12.3. The number of esters is 2. The predicted octanol–water partition coefficient (Wildman–Crippen LogP) is 6.07. The number of fused-ring (bicyclic) bond motifs is 2. The summed E-state index contributed by atoms with van der Waals surface area (Å²) < 4.78 is 11.4. The highest BCUT2D eigenvalue weighted by atomic mass is 32.2. The molecule has 3 rings (SSSR count). The number of ether oxygens (including phenoxy) is 2. The Morgan fingerprint density at radius 1 is 0.828 bits per heavy atom. The average molecular weight is 407 g/mol. The van der Waals surface area contributed by atoms with Crippen molar-refractivity contribution in [1.82, 2.24) is 0 Å². The Morgan fingerprint density at radius 3 is 1.79 bits per heavy atom. The quantitative estimate of drug-likeness (QED) is 0.164. The molecule has 0 radical (unpaired) electrons. The summed E-state index contributed by atoms with van der Waals surface area (Å²) in [4.78, 5) is 25.7. The number of carbonyl (C=O) groups excluding carboxylic acids is 2. The summed E-state index contributed by atoms with van der Waals surface area (Å²) in [5.74, 6) is 0.744. The number of benzene rings is 3. The molecule has 0 heterocycles. The Balaban J connectivity index is 2.38. The number of rotatable bonds is 6. The fourth-order valence-corrected chi connectivity index (χ4v) is 3.61. The van der Waals surface area contributed by atoms with Crippen molar-refractivity contribution in [2.24, 2.45) is 0 Å². The van der Waals surface area contributed by atoms with Crippen LogP contribution >= 0.6 is 11.8 Å². The van der Waals surface area contributed by atoms with E-state index in [-0.39, 0.29) is 0 Å². The van der Waals surface area contributed by atoms with Gasteiger partial charge in [0.25, 0.3) is 0 Å². The third-order valence-electron chi connectivity index (χ3n) is 4.29. The van der Waals surface area contributed by atoms with Crippen LogP contribution in [0.15, 0.2) is 71.7 Å². The van der Waals surface area contributed by atoms with Crippen molar-refractivity contribution in [3.8, 4) is 11.5 Å². The van der Waals surface area contributed by atoms with Crippen LogP contribution in [0.2, 0.25) is 0 Å². The fraction of sp³-hybridized carbons (Fsp3) is 0.167. The molecule has 0 aliphatic carbocycles. The maximum atomic E-state index is 12.3. The lowest BCUT2D eigenvalue weighted by atomic mass is 10.0. The van der Waals surface area contributed by atoms with Gasteiger partial charge in [0, 0.05) is 37.6 Å². The molecule has 0 bridgehead atoms. The zero-order valence-corrected chi connectivity index (χ0v) is 17.5. The number of hydrogen-bond donors (Lipinski definition) is 0. The van der Waals surface area contributed by atoms with Crippen LogP contribution in [0.5, 0.6) is 11.5 Å². The summed E-state index contributed by atoms with van der Waals surface area (Å²) in [6.45, 7) is 12.6. The van der Waals surface area contributed by atoms with Gasteiger partial charge in [-0.3, -0.25) is 0 Å². The van der Waals surface area contributed by atoms with Gasteiger partial charge < -0.3 is 9.47 Å². The van der Waals surface area contributed by atoms with E-state index in [1.54, 1.807) is 25.6 Å². The first-order valence-electron chi connectivity index (χ1n) is 9.20. The molecule has 0 saturated carbocycles. The van der Waals surface area contributed by atoms with E-state index in [1.807, 2.05) is 42.5 Å². The molecule has 3 aromatic rings. The number of thioether (sulfide) groups is 1. The van der Waals surface area contributed by atoms with Gasteiger partial charge in [-0.1, -0.05) is 44.3 Å². The highest BCUT2D eigenvalue weighted by Crippen LogP contribution is 2.44. The van der Waals surface area contributed by atoms with E-state index >= 15 is 0 Å². The van der Waals surface area contributed by atoms with E-state index in [0.717, 1.165) is 10.6 Å². The summed E-state index contributed by atoms with van der Waals surface area (Å²) in [5.41, 5.74) is 0.609. The molecule has 0 fully saturated rings. The number of carbonyl (C=O) groups is 2. The summed E-state index contributed by atoms with van der Waals surface area (Å²) in [6, 6.07) is 13.2. The third-order valence-corrected chi connectivity index (χ3v) is 5.17. The molecule has 0 aliphatic rings. The van der Waals surface area contributed by atoms with Crippen LogP contribution < -0.4 is 9.47 Å². The molecule has 0 saturated heterocycles. The molecular weight excluding hydrogens is 384 g/mol. The molecule has 4 nitrogen and oxygen atoms in total. The molecule has 0 aromatic heterocycles. The van der Waals surface area contributed by atoms with E-state index in [1.165, 1.54) is 0 Å². The van der Waals surface area contributed by atoms with Crippen LogP contribution in [-0.4, -0.2) is 17.7 Å². The van der Waals surface area contributed by atoms with Gasteiger partial charge in [0.05, 0.1) is 0 Å². The van der Waals surface area contributed by atoms with Crippen molar-refractivity contribution in [1.29, 1.82) is 0 Å². The molecule has 0 atom stereocenters. The Hall–Kier alpha value is -3.05. The lowest BCUT2D eigenvalue weighted by Crippen LogP contribution is -2.11. The molecule has 5 heteroatoms. The Morgan fingerprint density at radius 2 is 1.31 bits per heavy atom. The van der Waals surface area contributed by atoms with Crippen molar-refractivity contribution >= 4 is 45.2 Å². The molecule has 0 unspecified atom stereocenters. The molecule has 0 aliphatic heterocycles. The van der Waals surface area contributed by atoms with Crippen LogP contribution in [-0.2, 0) is 9.59 Å². The Bertz CT molecular complexity index is 1160. The van der Waals surface area contributed by atoms with Gasteiger partial charge in [0.2, 0.25) is 0 Å². The van der Waals surface area contributed by atoms with Crippen LogP contribution in [0.1, 0.15) is 20.8 Å². The first kappa shape index (κ1) is 20.7. The standard InChI is InChI=1S/C24H22O4S/c1-6-29-16-11-12-19-20(13-16)22(28-24(26)15(4)5)18-10-8-7-9-17(18)21(19)27-23(25)14(2)3/h7-13H,2,4,6H2,1,3,5H3. The average Bonchev–Trinajstić information content (AvgIpc) is 2.70. The second kappa shape index (κ2) is 8.53. The van der Waals surface area contributed by atoms with Gasteiger partial charge in [0.15, 0.2) is 0 Å². The molecule has 29 heavy (non-hydrogen) atoms. The maximum Gasteiger partial charge on any atom is 0.338 e. The number of hydrogen-bond acceptors (Lipinski definition) is 5. The van der Waals surface area contributed by atoms with E-state index in [9.17, 15) is 9.59 Å². The largest absolute Gasteiger partial charge is 0.422 e. The van der Waals surface area contributed by atoms with E-state index in [2.05, 4.69) is 20.1 Å². The van der Waals surface area contributed by atoms with E-state index in [4.69, 9.17) is 9.47 Å². The van der Waals surface area contributed by atoms with Gasteiger partial charge in [-0.2, -0.15) is 0 Å². The van der Waals surface area contributed by atoms with Gasteiger partial charge in [-0.15, -0.1) is 11.8 Å². The molecule has 0 spiro atoms. The van der Waals surface area contributed by atoms with Gasteiger partial charge in [-0.25, -0.2) is 9.59 Å². The van der Waals surface area contributed by atoms with Crippen LogP contribution in [0.4, 0.5) is 0 Å². The van der Waals surface area contributed by atoms with Gasteiger partial charge in [-0.05, 0) is 37.8 Å². The Labute approximate surface area is 174 Å². The van der Waals surface area contributed by atoms with Crippen molar-refractivity contribution in [3.63, 3.8) is 0 Å². The smallest absolute Gasteiger partial charge is 0.338 e. The second-order valence-electron chi connectivity index (χ2n) is 6.68. The first-order valence-corrected chi connectivity index (χ1v) is 10.2. The van der Waals surface area contributed by atoms with Gasteiger partial charge in [0.1, 0.15) is 11.5 Å². The fourth-order valence-electron chi connectivity index (χ4n) is 2.91. The van der Waals surface area contributed by atoms with E-state index < -0.39 is 11.9 Å². The normalized spacial score (nSPS) is 10.7. The zero-order valence-electron chi connectivity index (χ0n) is 16.7. The van der Waals surface area contributed by atoms with Gasteiger partial charge >= 0.3 is 11.9 Å². The lowest BCUT2D eigenvalue weighted by molar-refractivity contribution is -0.130. The zero-order chi connectivity index (χ0) is 21.1. The lowest BCUT2D eigenvalue weighted by Gasteiger charge is -2.17. The summed E-state index contributed by atoms with van der Waals surface area (Å²) in [5, 5.41) is 2.73.